The van der Waals surface area contributed by atoms with E-state index in [-0.39, 0.29) is 11.8 Å². The maximum Gasteiger partial charge on any atom is 0.0454 e. The van der Waals surface area contributed by atoms with Crippen LogP contribution in [-0.4, -0.2) is 11.9 Å². The molecule has 4 unspecified atom stereocenters. The summed E-state index contributed by atoms with van der Waals surface area (Å²) in [4.78, 5) is 21.5. The first-order valence-corrected chi connectivity index (χ1v) is 4.85. The molecule has 0 aromatic carbocycles. The van der Waals surface area contributed by atoms with E-state index < -0.39 is 23.8 Å². The average molecular weight is 198 g/mol. The Bertz CT molecular complexity index is 249. The molecular weight excluding hydrogens is 184 g/mol. The SMILES string of the molecule is CC1CC(C)C(C(=O)[O-])C(C(=O)[O-])C1. The fraction of sp³-hybridized carbons (Fsp3) is 0.800. The predicted octanol–water partition coefficient (Wildman–Crippen LogP) is -1.22. The summed E-state index contributed by atoms with van der Waals surface area (Å²) in [6.45, 7) is 3.68. The number of rotatable bonds is 2. The number of carbonyl (C=O) groups excluding carboxylic acids is 2. The summed E-state index contributed by atoms with van der Waals surface area (Å²) in [7, 11) is 0. The van der Waals surface area contributed by atoms with Crippen LogP contribution in [0.4, 0.5) is 0 Å². The second-order valence-corrected chi connectivity index (χ2v) is 4.32. The highest BCUT2D eigenvalue weighted by molar-refractivity contribution is 5.78. The molecule has 0 amide bonds. The van der Waals surface area contributed by atoms with Crippen LogP contribution < -0.4 is 10.2 Å². The van der Waals surface area contributed by atoms with Crippen molar-refractivity contribution in [1.82, 2.24) is 0 Å². The lowest BCUT2D eigenvalue weighted by Gasteiger charge is -2.40. The highest BCUT2D eigenvalue weighted by Gasteiger charge is 2.35. The topological polar surface area (TPSA) is 80.3 Å². The van der Waals surface area contributed by atoms with Crippen molar-refractivity contribution in [3.63, 3.8) is 0 Å². The Labute approximate surface area is 82.9 Å². The van der Waals surface area contributed by atoms with Crippen LogP contribution in [0.2, 0.25) is 0 Å². The second kappa shape index (κ2) is 3.98. The van der Waals surface area contributed by atoms with Gasteiger partial charge in [0, 0.05) is 23.8 Å². The van der Waals surface area contributed by atoms with E-state index in [2.05, 4.69) is 0 Å². The lowest BCUT2D eigenvalue weighted by Crippen LogP contribution is -2.49. The van der Waals surface area contributed by atoms with Crippen LogP contribution in [0.1, 0.15) is 26.7 Å². The summed E-state index contributed by atoms with van der Waals surface area (Å²) in [6.07, 6.45) is 1.12. The van der Waals surface area contributed by atoms with E-state index in [0.717, 1.165) is 6.42 Å². The van der Waals surface area contributed by atoms with Gasteiger partial charge in [0.05, 0.1) is 0 Å². The van der Waals surface area contributed by atoms with Gasteiger partial charge in [-0.3, -0.25) is 0 Å². The van der Waals surface area contributed by atoms with Crippen molar-refractivity contribution < 1.29 is 19.8 Å². The smallest absolute Gasteiger partial charge is 0.0454 e. The molecule has 0 aliphatic heterocycles. The number of carboxylic acids is 2. The van der Waals surface area contributed by atoms with Crippen LogP contribution in [0.3, 0.4) is 0 Å². The van der Waals surface area contributed by atoms with Crippen molar-refractivity contribution in [1.29, 1.82) is 0 Å². The van der Waals surface area contributed by atoms with Gasteiger partial charge in [-0.05, 0) is 24.7 Å². The van der Waals surface area contributed by atoms with Crippen molar-refractivity contribution in [3.05, 3.63) is 0 Å². The van der Waals surface area contributed by atoms with Crippen LogP contribution in [0.15, 0.2) is 0 Å². The molecule has 4 nitrogen and oxygen atoms in total. The Balaban J connectivity index is 2.86. The van der Waals surface area contributed by atoms with E-state index in [4.69, 9.17) is 0 Å². The van der Waals surface area contributed by atoms with Crippen molar-refractivity contribution in [2.75, 3.05) is 0 Å². The summed E-state index contributed by atoms with van der Waals surface area (Å²) in [5.74, 6) is -4.22. The zero-order valence-corrected chi connectivity index (χ0v) is 8.36. The number of hydrogen-bond donors (Lipinski definition) is 0. The lowest BCUT2D eigenvalue weighted by molar-refractivity contribution is -0.330. The lowest BCUT2D eigenvalue weighted by atomic mass is 9.69. The van der Waals surface area contributed by atoms with E-state index >= 15 is 0 Å². The zero-order chi connectivity index (χ0) is 10.9. The molecule has 1 saturated carbocycles. The molecule has 4 atom stereocenters. The monoisotopic (exact) mass is 198 g/mol. The maximum atomic E-state index is 10.8. The predicted molar refractivity (Wildman–Crippen MR) is 44.6 cm³/mol. The molecule has 1 aliphatic carbocycles. The molecule has 1 aliphatic rings. The number of hydrogen-bond acceptors (Lipinski definition) is 4. The van der Waals surface area contributed by atoms with Gasteiger partial charge in [0.25, 0.3) is 0 Å². The normalized spacial score (nSPS) is 37.9. The van der Waals surface area contributed by atoms with Crippen LogP contribution in [-0.2, 0) is 9.59 Å². The van der Waals surface area contributed by atoms with E-state index in [1.54, 1.807) is 6.92 Å². The van der Waals surface area contributed by atoms with Gasteiger partial charge in [0.2, 0.25) is 0 Å². The standard InChI is InChI=1S/C10H16O4/c1-5-3-6(2)8(10(13)14)7(4-5)9(11)12/h5-8H,3-4H2,1-2H3,(H,11,12)(H,13,14)/p-2. The molecule has 0 heterocycles. The molecule has 0 aromatic heterocycles. The Morgan fingerprint density at radius 3 is 2.07 bits per heavy atom. The molecule has 1 rings (SSSR count). The van der Waals surface area contributed by atoms with Gasteiger partial charge in [0.1, 0.15) is 0 Å². The van der Waals surface area contributed by atoms with Gasteiger partial charge in [-0.25, -0.2) is 0 Å². The van der Waals surface area contributed by atoms with Gasteiger partial charge in [0.15, 0.2) is 0 Å². The summed E-state index contributed by atoms with van der Waals surface area (Å²) >= 11 is 0. The van der Waals surface area contributed by atoms with Gasteiger partial charge in [-0.2, -0.15) is 0 Å². The van der Waals surface area contributed by atoms with Gasteiger partial charge >= 0.3 is 0 Å². The number of aliphatic carboxylic acids is 2. The molecule has 4 heteroatoms. The zero-order valence-electron chi connectivity index (χ0n) is 8.36. The van der Waals surface area contributed by atoms with Crippen LogP contribution >= 0.6 is 0 Å². The third kappa shape index (κ3) is 2.05. The van der Waals surface area contributed by atoms with Crippen molar-refractivity contribution >= 4 is 11.9 Å². The third-order valence-corrected chi connectivity index (χ3v) is 3.05. The molecule has 0 saturated heterocycles. The van der Waals surface area contributed by atoms with E-state index in [9.17, 15) is 19.8 Å². The maximum absolute atomic E-state index is 10.8. The van der Waals surface area contributed by atoms with Gasteiger partial charge < -0.3 is 19.8 Å². The Morgan fingerprint density at radius 1 is 1.07 bits per heavy atom. The van der Waals surface area contributed by atoms with Crippen molar-refractivity contribution in [3.8, 4) is 0 Å². The molecule has 0 aromatic rings. The summed E-state index contributed by atoms with van der Waals surface area (Å²) < 4.78 is 0. The average Bonchev–Trinajstić information content (AvgIpc) is 2.01. The summed E-state index contributed by atoms with van der Waals surface area (Å²) in [6, 6.07) is 0. The minimum atomic E-state index is -1.27. The van der Waals surface area contributed by atoms with Crippen LogP contribution in [0.5, 0.6) is 0 Å². The van der Waals surface area contributed by atoms with E-state index in [1.807, 2.05) is 6.92 Å². The molecular formula is C10H14O4-2. The minimum absolute atomic E-state index is 0.147. The summed E-state index contributed by atoms with van der Waals surface area (Å²) in [5.41, 5.74) is 0. The fourth-order valence-electron chi connectivity index (χ4n) is 2.49. The first-order valence-electron chi connectivity index (χ1n) is 4.85. The highest BCUT2D eigenvalue weighted by atomic mass is 16.4. The summed E-state index contributed by atoms with van der Waals surface area (Å²) in [5, 5.41) is 21.5. The molecule has 1 fully saturated rings. The first kappa shape index (κ1) is 11.0. The minimum Gasteiger partial charge on any atom is -0.550 e. The number of carboxylic acid groups (broad SMARTS) is 2. The molecule has 0 radical (unpaired) electrons. The van der Waals surface area contributed by atoms with Gasteiger partial charge in [-0.15, -0.1) is 0 Å². The highest BCUT2D eigenvalue weighted by Crippen LogP contribution is 2.37. The molecule has 0 bridgehead atoms. The fourth-order valence-corrected chi connectivity index (χ4v) is 2.49. The Morgan fingerprint density at radius 2 is 1.64 bits per heavy atom. The molecule has 0 N–H and O–H groups in total. The van der Waals surface area contributed by atoms with Crippen molar-refractivity contribution in [2.24, 2.45) is 23.7 Å². The Hall–Kier alpha value is -1.06. The third-order valence-electron chi connectivity index (χ3n) is 3.05. The molecule has 0 spiro atoms. The number of carbonyl (C=O) groups is 2. The molecule has 14 heavy (non-hydrogen) atoms. The quantitative estimate of drug-likeness (QED) is 0.557. The second-order valence-electron chi connectivity index (χ2n) is 4.32. The van der Waals surface area contributed by atoms with Crippen LogP contribution in [0, 0.1) is 23.7 Å². The first-order chi connectivity index (χ1) is 6.43. The van der Waals surface area contributed by atoms with Gasteiger partial charge in [-0.1, -0.05) is 13.8 Å². The van der Waals surface area contributed by atoms with Crippen LogP contribution in [0.25, 0.3) is 0 Å². The largest absolute Gasteiger partial charge is 0.550 e. The van der Waals surface area contributed by atoms with E-state index in [1.165, 1.54) is 0 Å². The van der Waals surface area contributed by atoms with Crippen molar-refractivity contribution in [2.45, 2.75) is 26.7 Å². The Kier molecular flexibility index (Phi) is 3.13. The molecule has 80 valence electrons. The van der Waals surface area contributed by atoms with E-state index in [0.29, 0.717) is 6.42 Å².